The second-order valence-electron chi connectivity index (χ2n) is 10.6. The summed E-state index contributed by atoms with van der Waals surface area (Å²) in [5.74, 6) is -1.31. The van der Waals surface area contributed by atoms with Crippen LogP contribution in [0.2, 0.25) is 0 Å². The number of carbonyl (C=O) groups is 2. The van der Waals surface area contributed by atoms with Crippen molar-refractivity contribution >= 4 is 22.1 Å². The lowest BCUT2D eigenvalue weighted by Gasteiger charge is -2.11. The Morgan fingerprint density at radius 1 is 0.667 bits per heavy atom. The summed E-state index contributed by atoms with van der Waals surface area (Å²) in [6, 6.07) is 6.24. The average molecular weight is 569 g/mol. The highest BCUT2D eigenvalue weighted by molar-refractivity contribution is 7.86. The molecule has 0 saturated carbocycles. The van der Waals surface area contributed by atoms with Crippen LogP contribution in [0.1, 0.15) is 150 Å². The summed E-state index contributed by atoms with van der Waals surface area (Å²) in [5, 5.41) is -1.05. The number of ether oxygens (including phenoxy) is 2. The predicted octanol–water partition coefficient (Wildman–Crippen LogP) is 8.32. The summed E-state index contributed by atoms with van der Waals surface area (Å²) in [5.41, 5.74) is 0.196. The molecule has 7 nitrogen and oxygen atoms in total. The van der Waals surface area contributed by atoms with E-state index in [1.54, 1.807) is 12.1 Å². The Morgan fingerprint density at radius 2 is 1.03 bits per heavy atom. The van der Waals surface area contributed by atoms with Crippen LogP contribution in [0.4, 0.5) is 0 Å². The molecule has 0 fully saturated rings. The minimum absolute atomic E-state index is 0.0451. The number of benzene rings is 1. The Labute approximate surface area is 237 Å². The molecule has 1 N–H and O–H groups in total. The highest BCUT2D eigenvalue weighted by Crippen LogP contribution is 2.16. The van der Waals surface area contributed by atoms with E-state index in [1.807, 2.05) is 0 Å². The molecule has 8 heteroatoms. The second-order valence-corrected chi connectivity index (χ2v) is 12.4. The molecule has 0 radical (unpaired) electrons. The van der Waals surface area contributed by atoms with Crippen molar-refractivity contribution in [3.8, 4) is 0 Å². The Bertz CT molecular complexity index is 898. The monoisotopic (exact) mass is 568 g/mol. The Morgan fingerprint density at radius 3 is 1.41 bits per heavy atom. The zero-order valence-electron chi connectivity index (χ0n) is 24.3. The fourth-order valence-corrected chi connectivity index (χ4v) is 4.85. The second kappa shape index (κ2) is 21.8. The average Bonchev–Trinajstić information content (AvgIpc) is 2.91. The van der Waals surface area contributed by atoms with Gasteiger partial charge in [0.15, 0.2) is 0 Å². The van der Waals surface area contributed by atoms with E-state index >= 15 is 0 Å². The first kappa shape index (κ1) is 35.1. The van der Waals surface area contributed by atoms with Gasteiger partial charge in [0.05, 0.1) is 29.6 Å². The third-order valence-electron chi connectivity index (χ3n) is 7.11. The van der Waals surface area contributed by atoms with Crippen molar-refractivity contribution in [2.75, 3.05) is 13.2 Å². The van der Waals surface area contributed by atoms with Crippen LogP contribution < -0.4 is 0 Å². The molecule has 39 heavy (non-hydrogen) atoms. The minimum atomic E-state index is -4.18. The summed E-state index contributed by atoms with van der Waals surface area (Å²) in [4.78, 5) is 24.9. The van der Waals surface area contributed by atoms with Crippen molar-refractivity contribution in [2.24, 2.45) is 0 Å². The molecule has 0 aliphatic rings. The number of rotatable bonds is 24. The zero-order chi connectivity index (χ0) is 28.8. The van der Waals surface area contributed by atoms with Gasteiger partial charge in [0.1, 0.15) is 0 Å². The lowest BCUT2D eigenvalue weighted by Crippen LogP contribution is -2.20. The summed E-state index contributed by atoms with van der Waals surface area (Å²) in [6.45, 7) is 3.70. The molecule has 1 rings (SSSR count). The van der Waals surface area contributed by atoms with Crippen molar-refractivity contribution < 1.29 is 32.0 Å². The van der Waals surface area contributed by atoms with E-state index in [-0.39, 0.29) is 24.2 Å². The molecule has 1 unspecified atom stereocenters. The quantitative estimate of drug-likeness (QED) is 0.0759. The van der Waals surface area contributed by atoms with Gasteiger partial charge in [-0.15, -0.1) is 0 Å². The van der Waals surface area contributed by atoms with Gasteiger partial charge in [-0.2, -0.15) is 8.42 Å². The summed E-state index contributed by atoms with van der Waals surface area (Å²) >= 11 is 0. The van der Waals surface area contributed by atoms with Crippen LogP contribution in [-0.2, 0) is 19.6 Å². The Kier molecular flexibility index (Phi) is 19.7. The zero-order valence-corrected chi connectivity index (χ0v) is 25.2. The molecule has 0 heterocycles. The van der Waals surface area contributed by atoms with Crippen molar-refractivity contribution in [3.63, 3.8) is 0 Å². The molecular formula is C31H52O7S. The normalized spacial score (nSPS) is 12.3. The molecule has 0 spiro atoms. The molecular weight excluding hydrogens is 516 g/mol. The Hall–Kier alpha value is -1.93. The van der Waals surface area contributed by atoms with Gasteiger partial charge >= 0.3 is 11.9 Å². The molecule has 224 valence electrons. The molecule has 1 atom stereocenters. The lowest BCUT2D eigenvalue weighted by molar-refractivity contribution is 0.0451. The van der Waals surface area contributed by atoms with Crippen molar-refractivity contribution in [2.45, 2.75) is 135 Å². The van der Waals surface area contributed by atoms with Crippen molar-refractivity contribution in [1.82, 2.24) is 0 Å². The first-order valence-electron chi connectivity index (χ1n) is 15.2. The van der Waals surface area contributed by atoms with E-state index in [2.05, 4.69) is 6.92 Å². The standard InChI is InChI=1S/C31H52O7S/c1-3-4-5-6-7-8-9-10-11-12-13-14-15-16-17-18-21-25-37-30(32)28-22-19-20-23-29(28)31(33)38-26-24-27(2)39(34,35)36/h19-20,22-23,27H,3-18,21,24-26H2,1-2H3,(H,34,35,36). The summed E-state index contributed by atoms with van der Waals surface area (Å²) in [6.07, 6.45) is 21.8. The molecule has 1 aromatic carbocycles. The van der Waals surface area contributed by atoms with E-state index in [0.29, 0.717) is 6.61 Å². The molecule has 0 aliphatic heterocycles. The van der Waals surface area contributed by atoms with Gasteiger partial charge in [-0.25, -0.2) is 9.59 Å². The van der Waals surface area contributed by atoms with Gasteiger partial charge in [0.2, 0.25) is 0 Å². The van der Waals surface area contributed by atoms with E-state index in [9.17, 15) is 18.0 Å². The smallest absolute Gasteiger partial charge is 0.339 e. The lowest BCUT2D eigenvalue weighted by atomic mass is 10.0. The number of carbonyl (C=O) groups excluding carboxylic acids is 2. The maximum atomic E-state index is 12.5. The fourth-order valence-electron chi connectivity index (χ4n) is 4.45. The van der Waals surface area contributed by atoms with Crippen LogP contribution in [0, 0.1) is 0 Å². The molecule has 1 aromatic rings. The fraction of sp³-hybridized carbons (Fsp3) is 0.742. The highest BCUT2D eigenvalue weighted by atomic mass is 32.2. The van der Waals surface area contributed by atoms with E-state index in [0.717, 1.165) is 19.3 Å². The molecule has 0 amide bonds. The van der Waals surface area contributed by atoms with Crippen LogP contribution in [0.5, 0.6) is 0 Å². The molecule has 0 aromatic heterocycles. The van der Waals surface area contributed by atoms with Gasteiger partial charge in [-0.05, 0) is 25.5 Å². The minimum Gasteiger partial charge on any atom is -0.462 e. The SMILES string of the molecule is CCCCCCCCCCCCCCCCCCCOC(=O)c1ccccc1C(=O)OCCC(C)S(=O)(=O)O. The summed E-state index contributed by atoms with van der Waals surface area (Å²) in [7, 11) is -4.18. The first-order valence-corrected chi connectivity index (χ1v) is 16.7. The van der Waals surface area contributed by atoms with Gasteiger partial charge in [-0.3, -0.25) is 4.55 Å². The number of unbranched alkanes of at least 4 members (excludes halogenated alkanes) is 16. The van der Waals surface area contributed by atoms with Crippen molar-refractivity contribution in [3.05, 3.63) is 35.4 Å². The van der Waals surface area contributed by atoms with E-state index in [4.69, 9.17) is 14.0 Å². The number of hydrogen-bond acceptors (Lipinski definition) is 6. The van der Waals surface area contributed by atoms with Gasteiger partial charge in [0, 0.05) is 6.42 Å². The van der Waals surface area contributed by atoms with Gasteiger partial charge in [-0.1, -0.05) is 122 Å². The largest absolute Gasteiger partial charge is 0.462 e. The maximum absolute atomic E-state index is 12.5. The van der Waals surface area contributed by atoms with Gasteiger partial charge in [0.25, 0.3) is 10.1 Å². The van der Waals surface area contributed by atoms with E-state index in [1.165, 1.54) is 109 Å². The van der Waals surface area contributed by atoms with Crippen molar-refractivity contribution in [1.29, 1.82) is 0 Å². The summed E-state index contributed by atoms with van der Waals surface area (Å²) < 4.78 is 41.6. The van der Waals surface area contributed by atoms with E-state index < -0.39 is 27.3 Å². The van der Waals surface area contributed by atoms with Crippen LogP contribution >= 0.6 is 0 Å². The van der Waals surface area contributed by atoms with Crippen LogP contribution in [-0.4, -0.2) is 43.4 Å². The molecule has 0 bridgehead atoms. The number of hydrogen-bond donors (Lipinski definition) is 1. The third-order valence-corrected chi connectivity index (χ3v) is 8.37. The highest BCUT2D eigenvalue weighted by Gasteiger charge is 2.21. The molecule has 0 saturated heterocycles. The number of esters is 2. The van der Waals surface area contributed by atoms with Crippen LogP contribution in [0.3, 0.4) is 0 Å². The maximum Gasteiger partial charge on any atom is 0.339 e. The Balaban J connectivity index is 2.09. The van der Waals surface area contributed by atoms with Gasteiger partial charge < -0.3 is 9.47 Å². The van der Waals surface area contributed by atoms with Crippen LogP contribution in [0.25, 0.3) is 0 Å². The predicted molar refractivity (Wildman–Crippen MR) is 157 cm³/mol. The first-order chi connectivity index (χ1) is 18.8. The van der Waals surface area contributed by atoms with Crippen LogP contribution in [0.15, 0.2) is 24.3 Å². The molecule has 0 aliphatic carbocycles. The third kappa shape index (κ3) is 17.4. The topological polar surface area (TPSA) is 107 Å².